The Balaban J connectivity index is 2.67. The van der Waals surface area contributed by atoms with Gasteiger partial charge in [-0.15, -0.1) is 11.3 Å². The summed E-state index contributed by atoms with van der Waals surface area (Å²) in [5, 5.41) is 4.97. The van der Waals surface area contributed by atoms with Crippen LogP contribution in [-0.2, 0) is 27.2 Å². The number of carbonyl (C=O) groups excluding carboxylic acids is 1. The lowest BCUT2D eigenvalue weighted by Crippen LogP contribution is -2.29. The van der Waals surface area contributed by atoms with Crippen molar-refractivity contribution in [3.8, 4) is 0 Å². The van der Waals surface area contributed by atoms with Gasteiger partial charge in [-0.3, -0.25) is 9.79 Å². The van der Waals surface area contributed by atoms with Crippen molar-refractivity contribution in [1.82, 2.24) is 9.88 Å². The van der Waals surface area contributed by atoms with Gasteiger partial charge in [0.1, 0.15) is 12.4 Å². The maximum absolute atomic E-state index is 11.4. The third-order valence-corrected chi connectivity index (χ3v) is 4.59. The summed E-state index contributed by atoms with van der Waals surface area (Å²) in [6, 6.07) is 0. The van der Waals surface area contributed by atoms with Gasteiger partial charge in [0.25, 0.3) is 0 Å². The van der Waals surface area contributed by atoms with Crippen molar-refractivity contribution in [3.63, 3.8) is 0 Å². The number of methoxy groups -OCH3 is 1. The van der Waals surface area contributed by atoms with E-state index in [1.54, 1.807) is 24.5 Å². The average molecular weight is 394 g/mol. The molecule has 0 aliphatic rings. The predicted molar refractivity (Wildman–Crippen MR) is 111 cm³/mol. The van der Waals surface area contributed by atoms with Crippen LogP contribution in [0.5, 0.6) is 0 Å². The molecule has 0 atom stereocenters. The molecule has 150 valence electrons. The number of rotatable bonds is 13. The number of hydrogen-bond acceptors (Lipinski definition) is 5. The second kappa shape index (κ2) is 14.0. The number of nitrogens with one attached hydrogen (secondary N) is 1. The van der Waals surface area contributed by atoms with Crippen molar-refractivity contribution in [2.75, 3.05) is 33.9 Å². The summed E-state index contributed by atoms with van der Waals surface area (Å²) in [5.41, 5.74) is 1.19. The van der Waals surface area contributed by atoms with Crippen LogP contribution in [-0.4, -0.2) is 44.4 Å². The lowest BCUT2D eigenvalue weighted by molar-refractivity contribution is -0.124. The van der Waals surface area contributed by atoms with E-state index in [4.69, 9.17) is 9.47 Å². The van der Waals surface area contributed by atoms with Crippen molar-refractivity contribution >= 4 is 17.2 Å². The number of thiazole rings is 1. The van der Waals surface area contributed by atoms with Crippen LogP contribution in [0.1, 0.15) is 25.5 Å². The highest BCUT2D eigenvalue weighted by Crippen LogP contribution is 2.08. The van der Waals surface area contributed by atoms with Crippen LogP contribution in [0.2, 0.25) is 0 Å². The molecule has 0 aliphatic heterocycles. The Hall–Kier alpha value is -2.12. The Morgan fingerprint density at radius 3 is 2.96 bits per heavy atom. The Morgan fingerprint density at radius 2 is 2.30 bits per heavy atom. The summed E-state index contributed by atoms with van der Waals surface area (Å²) in [6.45, 7) is 8.00. The second-order valence-electron chi connectivity index (χ2n) is 5.78. The van der Waals surface area contributed by atoms with Crippen LogP contribution in [0, 0.1) is 0 Å². The molecule has 0 bridgehead atoms. The fraction of sp³-hybridized carbons (Fsp3) is 0.500. The summed E-state index contributed by atoms with van der Waals surface area (Å²) >= 11 is 1.62. The van der Waals surface area contributed by atoms with E-state index < -0.39 is 0 Å². The van der Waals surface area contributed by atoms with Crippen molar-refractivity contribution in [2.45, 2.75) is 32.7 Å². The molecule has 1 heterocycles. The van der Waals surface area contributed by atoms with Gasteiger partial charge in [0.2, 0.25) is 5.91 Å². The Bertz CT molecular complexity index is 702. The summed E-state index contributed by atoms with van der Waals surface area (Å²) in [4.78, 5) is 16.8. The van der Waals surface area contributed by atoms with Gasteiger partial charge in [-0.1, -0.05) is 25.7 Å². The van der Waals surface area contributed by atoms with Gasteiger partial charge in [-0.2, -0.15) is 0 Å². The summed E-state index contributed by atoms with van der Waals surface area (Å²) < 4.78 is 12.7. The number of carbonyl (C=O) groups is 1. The second-order valence-corrected chi connectivity index (χ2v) is 6.62. The van der Waals surface area contributed by atoms with E-state index in [9.17, 15) is 4.79 Å². The number of ether oxygens (including phenoxy) is 2. The predicted octanol–water partition coefficient (Wildman–Crippen LogP) is 2.83. The largest absolute Gasteiger partial charge is 0.494 e. The van der Waals surface area contributed by atoms with Crippen molar-refractivity contribution in [2.24, 2.45) is 4.99 Å². The van der Waals surface area contributed by atoms with E-state index in [0.29, 0.717) is 13.2 Å². The van der Waals surface area contributed by atoms with Gasteiger partial charge in [-0.25, -0.2) is 0 Å². The highest BCUT2D eigenvalue weighted by atomic mass is 32.1. The minimum Gasteiger partial charge on any atom is -0.494 e. The zero-order valence-corrected chi connectivity index (χ0v) is 17.4. The van der Waals surface area contributed by atoms with Crippen LogP contribution in [0.25, 0.3) is 0 Å². The van der Waals surface area contributed by atoms with Crippen LogP contribution in [0.4, 0.5) is 0 Å². The highest BCUT2D eigenvalue weighted by molar-refractivity contribution is 7.07. The fourth-order valence-corrected chi connectivity index (χ4v) is 3.28. The Kier molecular flexibility index (Phi) is 11.9. The molecule has 0 saturated heterocycles. The summed E-state index contributed by atoms with van der Waals surface area (Å²) in [6.07, 6.45) is 10.2. The average Bonchev–Trinajstić information content (AvgIpc) is 3.05. The van der Waals surface area contributed by atoms with Crippen LogP contribution >= 0.6 is 11.3 Å². The minimum atomic E-state index is -0.0926. The maximum Gasteiger partial charge on any atom is 0.245 e. The van der Waals surface area contributed by atoms with Crippen molar-refractivity contribution in [1.29, 1.82) is 0 Å². The number of hydrogen-bond donors (Lipinski definition) is 1. The SMILES string of the molecule is C=C/C=C(\C=C/Cc1csc(=NC)n1CCCNC(=O)COC)OCCC. The molecule has 0 spiro atoms. The van der Waals surface area contributed by atoms with Gasteiger partial charge < -0.3 is 19.4 Å². The molecule has 0 aromatic carbocycles. The van der Waals surface area contributed by atoms with E-state index >= 15 is 0 Å². The fourth-order valence-electron chi connectivity index (χ4n) is 2.37. The first-order valence-electron chi connectivity index (χ1n) is 9.13. The van der Waals surface area contributed by atoms with Crippen LogP contribution < -0.4 is 10.1 Å². The van der Waals surface area contributed by atoms with Crippen molar-refractivity contribution < 1.29 is 14.3 Å². The Labute approximate surface area is 165 Å². The number of aromatic nitrogens is 1. The molecule has 6 nitrogen and oxygen atoms in total. The van der Waals surface area contributed by atoms with E-state index in [1.165, 1.54) is 12.8 Å². The molecular formula is C20H31N3O3S. The molecule has 27 heavy (non-hydrogen) atoms. The van der Waals surface area contributed by atoms with E-state index in [-0.39, 0.29) is 12.5 Å². The van der Waals surface area contributed by atoms with E-state index in [0.717, 1.165) is 36.4 Å². The summed E-state index contributed by atoms with van der Waals surface area (Å²) in [5.74, 6) is 0.722. The topological polar surface area (TPSA) is 64.9 Å². The molecule has 0 radical (unpaired) electrons. The van der Waals surface area contributed by atoms with Gasteiger partial charge >= 0.3 is 0 Å². The molecule has 1 N–H and O–H groups in total. The monoisotopic (exact) mass is 393 g/mol. The molecule has 1 rings (SSSR count). The zero-order chi connectivity index (χ0) is 19.9. The first-order chi connectivity index (χ1) is 13.2. The molecule has 1 amide bonds. The molecule has 0 fully saturated rings. The summed E-state index contributed by atoms with van der Waals surface area (Å²) in [7, 11) is 3.31. The van der Waals surface area contributed by atoms with E-state index in [1.807, 2.05) is 12.2 Å². The zero-order valence-electron chi connectivity index (χ0n) is 16.6. The minimum absolute atomic E-state index is 0.0926. The maximum atomic E-state index is 11.4. The molecule has 0 saturated carbocycles. The number of amides is 1. The number of nitrogens with zero attached hydrogens (tertiary/aromatic N) is 2. The molecule has 0 aliphatic carbocycles. The highest BCUT2D eigenvalue weighted by Gasteiger charge is 2.05. The quantitative estimate of drug-likeness (QED) is 0.318. The van der Waals surface area contributed by atoms with Gasteiger partial charge in [0.15, 0.2) is 4.80 Å². The van der Waals surface area contributed by atoms with Gasteiger partial charge in [0, 0.05) is 44.7 Å². The van der Waals surface area contributed by atoms with Gasteiger partial charge in [-0.05, 0) is 25.0 Å². The standard InChI is InChI=1S/C20H31N3O3S/c1-5-9-18(26-14-6-2)11-7-10-17-16-27-20(21-3)23(17)13-8-12-22-19(24)15-25-4/h5,7,9,11,16H,1,6,8,10,12-15H2,2-4H3,(H,22,24)/b11-7-,18-9+,21-20?. The third kappa shape index (κ3) is 8.88. The van der Waals surface area contributed by atoms with Gasteiger partial charge in [0.05, 0.1) is 6.61 Å². The van der Waals surface area contributed by atoms with E-state index in [2.05, 4.69) is 39.8 Å². The van der Waals surface area contributed by atoms with Crippen LogP contribution in [0.3, 0.4) is 0 Å². The molecule has 1 aromatic heterocycles. The molecule has 7 heteroatoms. The van der Waals surface area contributed by atoms with Crippen LogP contribution in [0.15, 0.2) is 47.0 Å². The first kappa shape index (κ1) is 22.9. The first-order valence-corrected chi connectivity index (χ1v) is 10.0. The molecule has 0 unspecified atom stereocenters. The molecule has 1 aromatic rings. The lowest BCUT2D eigenvalue weighted by Gasteiger charge is -2.09. The van der Waals surface area contributed by atoms with Crippen molar-refractivity contribution in [3.05, 3.63) is 52.5 Å². The normalized spacial score (nSPS) is 12.6. The molecular weight excluding hydrogens is 362 g/mol. The third-order valence-electron chi connectivity index (χ3n) is 3.59. The lowest BCUT2D eigenvalue weighted by atomic mass is 10.2. The smallest absolute Gasteiger partial charge is 0.245 e. The Morgan fingerprint density at radius 1 is 1.48 bits per heavy atom. The number of allylic oxidation sites excluding steroid dienone is 4.